The van der Waals surface area contributed by atoms with Crippen LogP contribution >= 0.6 is 0 Å². The van der Waals surface area contributed by atoms with Crippen LogP contribution in [-0.4, -0.2) is 23.9 Å². The summed E-state index contributed by atoms with van der Waals surface area (Å²) in [6.45, 7) is 7.33. The summed E-state index contributed by atoms with van der Waals surface area (Å²) in [5.41, 5.74) is 3.40. The molecule has 0 amide bonds. The molecular formula is C17H24N2O5S2. The third-order valence-electron chi connectivity index (χ3n) is 3.97. The monoisotopic (exact) mass is 400 g/mol. The molecule has 2 aromatic carbocycles. The first-order valence-electron chi connectivity index (χ1n) is 7.56. The molecule has 0 aliphatic heterocycles. The largest absolute Gasteiger partial charge is 0.497 e. The third-order valence-corrected chi connectivity index (χ3v) is 6.08. The van der Waals surface area contributed by atoms with Crippen LogP contribution in [0.15, 0.2) is 40.1 Å². The Morgan fingerprint density at radius 1 is 0.769 bits per heavy atom. The summed E-state index contributed by atoms with van der Waals surface area (Å²) in [5, 5.41) is 10.0. The lowest BCUT2D eigenvalue weighted by atomic mass is 10.0. The maximum Gasteiger partial charge on any atom is 0.238 e. The highest BCUT2D eigenvalue weighted by atomic mass is 32.2. The Morgan fingerprint density at radius 2 is 1.19 bits per heavy atom. The molecule has 144 valence electrons. The van der Waals surface area contributed by atoms with E-state index in [2.05, 4.69) is 0 Å². The number of aryl methyl sites for hydroxylation is 2. The highest BCUT2D eigenvalue weighted by molar-refractivity contribution is 7.89. The van der Waals surface area contributed by atoms with Gasteiger partial charge >= 0.3 is 0 Å². The molecule has 0 bridgehead atoms. The minimum atomic E-state index is -3.61. The van der Waals surface area contributed by atoms with Gasteiger partial charge in [0, 0.05) is 0 Å². The SMILES string of the molecule is COc1ccc(S(N)(=O)=O)cc1.Cc1cc(C)c(C)c(S(N)(=O)=O)c1C. The van der Waals surface area contributed by atoms with E-state index in [-0.39, 0.29) is 9.79 Å². The van der Waals surface area contributed by atoms with E-state index in [0.29, 0.717) is 5.75 Å². The van der Waals surface area contributed by atoms with Crippen LogP contribution in [0.3, 0.4) is 0 Å². The number of rotatable bonds is 3. The van der Waals surface area contributed by atoms with Crippen LogP contribution in [0.1, 0.15) is 22.3 Å². The maximum atomic E-state index is 11.4. The van der Waals surface area contributed by atoms with Crippen LogP contribution in [-0.2, 0) is 20.0 Å². The van der Waals surface area contributed by atoms with Gasteiger partial charge in [-0.1, -0.05) is 6.07 Å². The number of sulfonamides is 2. The normalized spacial score (nSPS) is 11.5. The molecule has 0 heterocycles. The quantitative estimate of drug-likeness (QED) is 0.813. The van der Waals surface area contributed by atoms with Crippen LogP contribution in [0.5, 0.6) is 5.75 Å². The Hall–Kier alpha value is -1.94. The molecule has 4 N–H and O–H groups in total. The molecule has 0 aliphatic rings. The molecule has 0 saturated heterocycles. The van der Waals surface area contributed by atoms with Crippen molar-refractivity contribution >= 4 is 20.0 Å². The summed E-state index contributed by atoms with van der Waals surface area (Å²) in [6, 6.07) is 7.85. The average molecular weight is 401 g/mol. The fourth-order valence-electron chi connectivity index (χ4n) is 2.37. The van der Waals surface area contributed by atoms with Crippen LogP contribution < -0.4 is 15.0 Å². The molecular weight excluding hydrogens is 376 g/mol. The Morgan fingerprint density at radius 3 is 1.50 bits per heavy atom. The molecule has 0 atom stereocenters. The summed E-state index contributed by atoms with van der Waals surface area (Å²) in [4.78, 5) is 0.360. The second kappa shape index (κ2) is 8.17. The minimum absolute atomic E-state index is 0.0864. The molecule has 2 rings (SSSR count). The van der Waals surface area contributed by atoms with Crippen molar-refractivity contribution in [3.63, 3.8) is 0 Å². The minimum Gasteiger partial charge on any atom is -0.497 e. The van der Waals surface area contributed by atoms with Crippen LogP contribution in [0.2, 0.25) is 0 Å². The molecule has 9 heteroatoms. The number of ether oxygens (including phenoxy) is 1. The first-order chi connectivity index (χ1) is 11.8. The highest BCUT2D eigenvalue weighted by Crippen LogP contribution is 2.24. The number of nitrogens with two attached hydrogens (primary N) is 2. The first kappa shape index (κ1) is 22.1. The standard InChI is InChI=1S/C10H15NO2S.C7H9NO3S/c1-6-5-7(2)9(4)10(8(6)3)14(11,12)13;1-11-6-2-4-7(5-3-6)12(8,9)10/h5H,1-4H3,(H2,11,12,13);2-5H,1H3,(H2,8,9,10). The molecule has 0 saturated carbocycles. The molecule has 0 spiro atoms. The zero-order valence-electron chi connectivity index (χ0n) is 15.4. The van der Waals surface area contributed by atoms with E-state index in [1.807, 2.05) is 19.9 Å². The molecule has 26 heavy (non-hydrogen) atoms. The molecule has 0 radical (unpaired) electrons. The number of primary sulfonamides is 2. The highest BCUT2D eigenvalue weighted by Gasteiger charge is 2.17. The lowest BCUT2D eigenvalue weighted by Crippen LogP contribution is -2.16. The number of hydrogen-bond acceptors (Lipinski definition) is 5. The van der Waals surface area contributed by atoms with Crippen molar-refractivity contribution in [3.05, 3.63) is 52.6 Å². The van der Waals surface area contributed by atoms with Crippen LogP contribution in [0.25, 0.3) is 0 Å². The summed E-state index contributed by atoms with van der Waals surface area (Å²) >= 11 is 0. The predicted molar refractivity (Wildman–Crippen MR) is 101 cm³/mol. The summed E-state index contributed by atoms with van der Waals surface area (Å²) in [6.07, 6.45) is 0. The zero-order chi connectivity index (χ0) is 20.3. The van der Waals surface area contributed by atoms with E-state index < -0.39 is 20.0 Å². The first-order valence-corrected chi connectivity index (χ1v) is 10.7. The van der Waals surface area contributed by atoms with E-state index in [1.54, 1.807) is 26.0 Å². The molecule has 0 aliphatic carbocycles. The molecule has 0 fully saturated rings. The fraction of sp³-hybridized carbons (Fsp3) is 0.294. The van der Waals surface area contributed by atoms with Crippen molar-refractivity contribution in [3.8, 4) is 5.75 Å². The molecule has 0 aromatic heterocycles. The van der Waals surface area contributed by atoms with E-state index in [9.17, 15) is 16.8 Å². The fourth-order valence-corrected chi connectivity index (χ4v) is 4.06. The average Bonchev–Trinajstić information content (AvgIpc) is 2.52. The van der Waals surface area contributed by atoms with Gasteiger partial charge in [-0.05, 0) is 74.2 Å². The Balaban J connectivity index is 0.000000263. The lowest BCUT2D eigenvalue weighted by molar-refractivity contribution is 0.414. The number of hydrogen-bond donors (Lipinski definition) is 2. The van der Waals surface area contributed by atoms with Crippen LogP contribution in [0.4, 0.5) is 0 Å². The van der Waals surface area contributed by atoms with Gasteiger partial charge in [-0.15, -0.1) is 0 Å². The maximum absolute atomic E-state index is 11.4. The second-order valence-electron chi connectivity index (χ2n) is 5.86. The van der Waals surface area contributed by atoms with Crippen molar-refractivity contribution in [2.24, 2.45) is 10.3 Å². The van der Waals surface area contributed by atoms with Gasteiger partial charge in [-0.25, -0.2) is 27.1 Å². The van der Waals surface area contributed by atoms with E-state index in [1.165, 1.54) is 19.2 Å². The summed E-state index contributed by atoms with van der Waals surface area (Å²) in [7, 11) is -5.69. The topological polar surface area (TPSA) is 130 Å². The van der Waals surface area contributed by atoms with Gasteiger partial charge in [-0.2, -0.15) is 0 Å². The van der Waals surface area contributed by atoms with Crippen LogP contribution in [0, 0.1) is 27.7 Å². The van der Waals surface area contributed by atoms with Crippen molar-refractivity contribution in [1.82, 2.24) is 0 Å². The molecule has 7 nitrogen and oxygen atoms in total. The van der Waals surface area contributed by atoms with E-state index in [4.69, 9.17) is 15.0 Å². The Bertz CT molecular complexity index is 970. The predicted octanol–water partition coefficient (Wildman–Crippen LogP) is 1.91. The van der Waals surface area contributed by atoms with Crippen molar-refractivity contribution in [1.29, 1.82) is 0 Å². The van der Waals surface area contributed by atoms with Gasteiger partial charge in [0.1, 0.15) is 5.75 Å². The number of methoxy groups -OCH3 is 1. The number of benzene rings is 2. The Labute approximate surface area is 155 Å². The summed E-state index contributed by atoms with van der Waals surface area (Å²) < 4.78 is 49.1. The lowest BCUT2D eigenvalue weighted by Gasteiger charge is -2.12. The van der Waals surface area contributed by atoms with Crippen molar-refractivity contribution < 1.29 is 21.6 Å². The smallest absolute Gasteiger partial charge is 0.238 e. The summed E-state index contributed by atoms with van der Waals surface area (Å²) in [5.74, 6) is 0.599. The molecule has 2 aromatic rings. The van der Waals surface area contributed by atoms with Gasteiger partial charge in [0.25, 0.3) is 0 Å². The van der Waals surface area contributed by atoms with Gasteiger partial charge in [-0.3, -0.25) is 0 Å². The van der Waals surface area contributed by atoms with Gasteiger partial charge in [0.2, 0.25) is 20.0 Å². The third kappa shape index (κ3) is 5.53. The van der Waals surface area contributed by atoms with E-state index in [0.717, 1.165) is 22.3 Å². The van der Waals surface area contributed by atoms with Crippen molar-refractivity contribution in [2.75, 3.05) is 7.11 Å². The zero-order valence-corrected chi connectivity index (χ0v) is 17.0. The van der Waals surface area contributed by atoms with Gasteiger partial charge in [0.15, 0.2) is 0 Å². The van der Waals surface area contributed by atoms with Gasteiger partial charge in [0.05, 0.1) is 16.9 Å². The van der Waals surface area contributed by atoms with Crippen molar-refractivity contribution in [2.45, 2.75) is 37.5 Å². The Kier molecular flexibility index (Phi) is 6.95. The second-order valence-corrected chi connectivity index (χ2v) is 8.91. The molecule has 0 unspecified atom stereocenters. The van der Waals surface area contributed by atoms with E-state index >= 15 is 0 Å². The van der Waals surface area contributed by atoms with Gasteiger partial charge < -0.3 is 4.74 Å².